The summed E-state index contributed by atoms with van der Waals surface area (Å²) in [6.45, 7) is 5.02. The Hall–Kier alpha value is -3.35. The largest absolute Gasteiger partial charge is 0.369 e. The summed E-state index contributed by atoms with van der Waals surface area (Å²) in [5.41, 5.74) is 11.8. The molecule has 34 heavy (non-hydrogen) atoms. The van der Waals surface area contributed by atoms with Crippen molar-refractivity contribution in [1.29, 1.82) is 0 Å². The summed E-state index contributed by atoms with van der Waals surface area (Å²) in [5, 5.41) is 1.08. The third-order valence-corrected chi connectivity index (χ3v) is 6.37. The van der Waals surface area contributed by atoms with Gasteiger partial charge in [-0.1, -0.05) is 73.4 Å². The van der Waals surface area contributed by atoms with Gasteiger partial charge in [0.05, 0.1) is 32.7 Å². The minimum atomic E-state index is 0.399. The van der Waals surface area contributed by atoms with Gasteiger partial charge in [-0.2, -0.15) is 0 Å². The van der Waals surface area contributed by atoms with Crippen molar-refractivity contribution in [3.63, 3.8) is 0 Å². The normalized spacial score (nSPS) is 11.6. The molecule has 0 aliphatic carbocycles. The molecule has 5 rings (SSSR count). The lowest BCUT2D eigenvalue weighted by atomic mass is 10.1. The number of anilines is 1. The van der Waals surface area contributed by atoms with Crippen molar-refractivity contribution in [2.24, 2.45) is 13.0 Å². The Kier molecular flexibility index (Phi) is 5.80. The molecule has 0 saturated heterocycles. The molecule has 6 nitrogen and oxygen atoms in total. The number of aromatic nitrogens is 5. The third kappa shape index (κ3) is 3.83. The molecule has 0 amide bonds. The van der Waals surface area contributed by atoms with Crippen molar-refractivity contribution < 1.29 is 0 Å². The summed E-state index contributed by atoms with van der Waals surface area (Å²) in [4.78, 5) is 14.5. The molecule has 0 unspecified atom stereocenters. The fourth-order valence-corrected chi connectivity index (χ4v) is 4.79. The van der Waals surface area contributed by atoms with Crippen LogP contribution in [0.1, 0.15) is 13.8 Å². The van der Waals surface area contributed by atoms with Gasteiger partial charge in [0.2, 0.25) is 5.95 Å². The molecule has 3 heterocycles. The van der Waals surface area contributed by atoms with Gasteiger partial charge in [-0.25, -0.2) is 15.0 Å². The number of rotatable bonds is 5. The van der Waals surface area contributed by atoms with Crippen molar-refractivity contribution in [3.8, 4) is 34.0 Å². The van der Waals surface area contributed by atoms with Gasteiger partial charge >= 0.3 is 0 Å². The Balaban J connectivity index is 1.79. The van der Waals surface area contributed by atoms with Gasteiger partial charge in [-0.3, -0.25) is 4.57 Å². The second kappa shape index (κ2) is 8.78. The molecule has 0 aliphatic heterocycles. The maximum absolute atomic E-state index is 6.56. The topological polar surface area (TPSA) is 74.6 Å². The van der Waals surface area contributed by atoms with Crippen molar-refractivity contribution >= 4 is 40.3 Å². The fourth-order valence-electron chi connectivity index (χ4n) is 4.22. The molecule has 3 aromatic heterocycles. The molecule has 0 spiro atoms. The first-order chi connectivity index (χ1) is 16.3. The van der Waals surface area contributed by atoms with Gasteiger partial charge in [-0.15, -0.1) is 0 Å². The molecule has 0 aliphatic rings. The van der Waals surface area contributed by atoms with E-state index in [1.165, 1.54) is 0 Å². The van der Waals surface area contributed by atoms with E-state index in [1.807, 2.05) is 76.8 Å². The lowest BCUT2D eigenvalue weighted by molar-refractivity contribution is 0.535. The predicted octanol–water partition coefficient (Wildman–Crippen LogP) is 6.71. The van der Waals surface area contributed by atoms with Crippen LogP contribution in [0.3, 0.4) is 0 Å². The van der Waals surface area contributed by atoms with E-state index < -0.39 is 0 Å². The third-order valence-electron chi connectivity index (χ3n) is 5.74. The number of fused-ring (bicyclic) bond motifs is 1. The Labute approximate surface area is 208 Å². The van der Waals surface area contributed by atoms with E-state index in [0.29, 0.717) is 33.3 Å². The van der Waals surface area contributed by atoms with E-state index in [1.54, 1.807) is 0 Å². The zero-order valence-electron chi connectivity index (χ0n) is 19.1. The van der Waals surface area contributed by atoms with Gasteiger partial charge in [0.1, 0.15) is 11.3 Å². The molecular formula is C26H24Cl2N6. The first-order valence-electron chi connectivity index (χ1n) is 11.0. The fraction of sp³-hybridized carbons (Fsp3) is 0.192. The van der Waals surface area contributed by atoms with Gasteiger partial charge in [0.25, 0.3) is 0 Å². The summed E-state index contributed by atoms with van der Waals surface area (Å²) < 4.78 is 3.96. The van der Waals surface area contributed by atoms with Gasteiger partial charge in [0.15, 0.2) is 5.65 Å². The van der Waals surface area contributed by atoms with Crippen LogP contribution in [-0.4, -0.2) is 24.1 Å². The van der Waals surface area contributed by atoms with Crippen molar-refractivity contribution in [2.75, 3.05) is 5.73 Å². The average molecular weight is 491 g/mol. The quantitative estimate of drug-likeness (QED) is 0.297. The second-order valence-electron chi connectivity index (χ2n) is 8.67. The Morgan fingerprint density at radius 2 is 1.59 bits per heavy atom. The molecule has 0 atom stereocenters. The smallest absolute Gasteiger partial charge is 0.202 e. The molecule has 0 fully saturated rings. The highest BCUT2D eigenvalue weighted by atomic mass is 35.5. The SMILES string of the molecule is CC(C)Cn1c(N)nc2ccc(-c3c(-c4ccccc4)nc(-c4c(Cl)cccc4Cl)n3C)nc21. The minimum Gasteiger partial charge on any atom is -0.369 e. The number of nitrogen functional groups attached to an aromatic ring is 1. The number of nitrogens with zero attached hydrogens (tertiary/aromatic N) is 5. The van der Waals surface area contributed by atoms with Crippen LogP contribution in [0.4, 0.5) is 5.95 Å². The first kappa shape index (κ1) is 22.4. The zero-order chi connectivity index (χ0) is 24.0. The second-order valence-corrected chi connectivity index (χ2v) is 9.48. The van der Waals surface area contributed by atoms with Gasteiger partial charge < -0.3 is 10.3 Å². The average Bonchev–Trinajstić information content (AvgIpc) is 3.30. The van der Waals surface area contributed by atoms with Crippen molar-refractivity contribution in [1.82, 2.24) is 24.1 Å². The van der Waals surface area contributed by atoms with Crippen molar-refractivity contribution in [2.45, 2.75) is 20.4 Å². The molecule has 0 radical (unpaired) electrons. The summed E-state index contributed by atoms with van der Waals surface area (Å²) in [6, 6.07) is 19.4. The van der Waals surface area contributed by atoms with Crippen LogP contribution >= 0.6 is 23.2 Å². The zero-order valence-corrected chi connectivity index (χ0v) is 20.6. The molecule has 172 valence electrons. The van der Waals surface area contributed by atoms with Gasteiger partial charge in [0, 0.05) is 19.2 Å². The Morgan fingerprint density at radius 1 is 0.882 bits per heavy atom. The first-order valence-corrected chi connectivity index (χ1v) is 11.8. The number of halogens is 2. The molecule has 8 heteroatoms. The van der Waals surface area contributed by atoms with Crippen LogP contribution in [0.5, 0.6) is 0 Å². The molecular weight excluding hydrogens is 467 g/mol. The van der Waals surface area contributed by atoms with Crippen molar-refractivity contribution in [3.05, 3.63) is 70.7 Å². The van der Waals surface area contributed by atoms with Crippen LogP contribution in [0.15, 0.2) is 60.7 Å². The number of pyridine rings is 1. The number of imidazole rings is 2. The standard InChI is InChI=1S/C26H24Cl2N6/c1-15(2)14-34-24-20(31-26(34)29)13-12-19(30-24)23-22(16-8-5-4-6-9-16)32-25(33(23)3)21-17(27)10-7-11-18(21)28/h4-13,15H,14H2,1-3H3,(H2,29,31). The maximum atomic E-state index is 6.56. The molecule has 5 aromatic rings. The minimum absolute atomic E-state index is 0.399. The summed E-state index contributed by atoms with van der Waals surface area (Å²) in [6.07, 6.45) is 0. The number of hydrogen-bond acceptors (Lipinski definition) is 4. The van der Waals surface area contributed by atoms with Crippen LogP contribution < -0.4 is 5.73 Å². The number of nitrogens with two attached hydrogens (primary N) is 1. The van der Waals surface area contributed by atoms with Gasteiger partial charge in [-0.05, 0) is 30.2 Å². The van der Waals surface area contributed by atoms with E-state index in [9.17, 15) is 0 Å². The molecule has 2 aromatic carbocycles. The summed E-state index contributed by atoms with van der Waals surface area (Å²) in [7, 11) is 1.95. The molecule has 0 saturated carbocycles. The Bertz CT molecular complexity index is 1480. The summed E-state index contributed by atoms with van der Waals surface area (Å²) >= 11 is 13.1. The Morgan fingerprint density at radius 3 is 2.26 bits per heavy atom. The maximum Gasteiger partial charge on any atom is 0.202 e. The predicted molar refractivity (Wildman–Crippen MR) is 140 cm³/mol. The van der Waals surface area contributed by atoms with E-state index in [2.05, 4.69) is 18.8 Å². The highest BCUT2D eigenvalue weighted by Gasteiger charge is 2.23. The van der Waals surface area contributed by atoms with E-state index in [0.717, 1.165) is 40.4 Å². The van der Waals surface area contributed by atoms with Crippen LogP contribution in [0, 0.1) is 5.92 Å². The monoisotopic (exact) mass is 490 g/mol. The lowest BCUT2D eigenvalue weighted by Gasteiger charge is -2.11. The molecule has 0 bridgehead atoms. The van der Waals surface area contributed by atoms with E-state index >= 15 is 0 Å². The number of benzene rings is 2. The van der Waals surface area contributed by atoms with E-state index in [-0.39, 0.29) is 0 Å². The highest BCUT2D eigenvalue weighted by molar-refractivity contribution is 6.39. The molecule has 2 N–H and O–H groups in total. The van der Waals surface area contributed by atoms with E-state index in [4.69, 9.17) is 38.9 Å². The van der Waals surface area contributed by atoms with Crippen LogP contribution in [-0.2, 0) is 13.6 Å². The highest BCUT2D eigenvalue weighted by Crippen LogP contribution is 2.40. The lowest BCUT2D eigenvalue weighted by Crippen LogP contribution is -2.09. The van der Waals surface area contributed by atoms with Crippen LogP contribution in [0.2, 0.25) is 10.0 Å². The van der Waals surface area contributed by atoms with Crippen LogP contribution in [0.25, 0.3) is 45.2 Å². The summed E-state index contributed by atoms with van der Waals surface area (Å²) in [5.74, 6) is 1.53. The number of hydrogen-bond donors (Lipinski definition) is 1.